The van der Waals surface area contributed by atoms with Crippen molar-refractivity contribution in [2.75, 3.05) is 39.9 Å². The molecule has 7 nitrogen and oxygen atoms in total. The molecule has 0 unspecified atom stereocenters. The molecule has 1 aromatic heterocycles. The number of carbonyl (C=O) groups is 2. The molecule has 0 aromatic carbocycles. The summed E-state index contributed by atoms with van der Waals surface area (Å²) in [5, 5.41) is 8.95. The molecule has 0 radical (unpaired) electrons. The standard InChI is InChI=1S/C16H25N3O4.ClH/c1-22-12-16(5-8-17-9-6-16)11-19-14(20)4-7-18-15(21)13-3-2-10-23-13;/h2-3,10,17H,4-9,11-12H2,1H3,(H,18,21)(H,19,20);1H. The molecule has 1 aliphatic rings. The molecule has 8 heteroatoms. The van der Waals surface area contributed by atoms with Crippen LogP contribution in [0.1, 0.15) is 29.8 Å². The summed E-state index contributed by atoms with van der Waals surface area (Å²) in [6.07, 6.45) is 3.65. The van der Waals surface area contributed by atoms with E-state index < -0.39 is 0 Å². The van der Waals surface area contributed by atoms with Gasteiger partial charge in [0.2, 0.25) is 5.91 Å². The van der Waals surface area contributed by atoms with Crippen molar-refractivity contribution in [3.63, 3.8) is 0 Å². The van der Waals surface area contributed by atoms with E-state index >= 15 is 0 Å². The smallest absolute Gasteiger partial charge is 0.286 e. The van der Waals surface area contributed by atoms with E-state index in [9.17, 15) is 9.59 Å². The van der Waals surface area contributed by atoms with E-state index in [2.05, 4.69) is 16.0 Å². The van der Waals surface area contributed by atoms with Crippen LogP contribution in [-0.2, 0) is 9.53 Å². The third-order valence-corrected chi connectivity index (χ3v) is 4.16. The van der Waals surface area contributed by atoms with Crippen LogP contribution < -0.4 is 16.0 Å². The topological polar surface area (TPSA) is 92.6 Å². The van der Waals surface area contributed by atoms with Crippen molar-refractivity contribution in [1.82, 2.24) is 16.0 Å². The number of rotatable bonds is 8. The van der Waals surface area contributed by atoms with Crippen LogP contribution in [0.3, 0.4) is 0 Å². The average molecular weight is 360 g/mol. The molecule has 1 fully saturated rings. The van der Waals surface area contributed by atoms with Gasteiger partial charge in [-0.05, 0) is 38.1 Å². The summed E-state index contributed by atoms with van der Waals surface area (Å²) in [6.45, 7) is 3.42. The third kappa shape index (κ3) is 6.14. The first-order chi connectivity index (χ1) is 11.2. The number of hydrogen-bond donors (Lipinski definition) is 3. The average Bonchev–Trinajstić information content (AvgIpc) is 3.09. The predicted molar refractivity (Wildman–Crippen MR) is 92.3 cm³/mol. The van der Waals surface area contributed by atoms with Gasteiger partial charge >= 0.3 is 0 Å². The van der Waals surface area contributed by atoms with E-state index in [4.69, 9.17) is 9.15 Å². The first-order valence-corrected chi connectivity index (χ1v) is 7.93. The van der Waals surface area contributed by atoms with Gasteiger partial charge in [0, 0.05) is 32.0 Å². The number of ether oxygens (including phenoxy) is 1. The number of nitrogens with one attached hydrogen (secondary N) is 3. The van der Waals surface area contributed by atoms with Crippen LogP contribution in [0, 0.1) is 5.41 Å². The number of methoxy groups -OCH3 is 1. The molecular weight excluding hydrogens is 334 g/mol. The summed E-state index contributed by atoms with van der Waals surface area (Å²) in [5.41, 5.74) is 0.00702. The minimum Gasteiger partial charge on any atom is -0.459 e. The summed E-state index contributed by atoms with van der Waals surface area (Å²) in [7, 11) is 1.69. The van der Waals surface area contributed by atoms with Crippen molar-refractivity contribution in [3.05, 3.63) is 24.2 Å². The number of halogens is 1. The molecule has 0 spiro atoms. The zero-order valence-corrected chi connectivity index (χ0v) is 14.7. The molecule has 2 heterocycles. The molecule has 136 valence electrons. The minimum atomic E-state index is -0.308. The maximum Gasteiger partial charge on any atom is 0.286 e. The predicted octanol–water partition coefficient (Wildman–Crippen LogP) is 0.954. The van der Waals surface area contributed by atoms with Crippen molar-refractivity contribution < 1.29 is 18.7 Å². The van der Waals surface area contributed by atoms with Gasteiger partial charge in [0.05, 0.1) is 12.9 Å². The number of hydrogen-bond acceptors (Lipinski definition) is 5. The molecule has 3 N–H and O–H groups in total. The van der Waals surface area contributed by atoms with E-state index in [0.29, 0.717) is 13.2 Å². The Morgan fingerprint density at radius 3 is 2.71 bits per heavy atom. The Labute approximate surface area is 148 Å². The van der Waals surface area contributed by atoms with Crippen LogP contribution in [0.4, 0.5) is 0 Å². The van der Waals surface area contributed by atoms with Gasteiger partial charge in [-0.3, -0.25) is 9.59 Å². The number of piperidine rings is 1. The zero-order valence-electron chi connectivity index (χ0n) is 13.9. The van der Waals surface area contributed by atoms with E-state index in [1.54, 1.807) is 19.2 Å². The Hall–Kier alpha value is -1.57. The summed E-state index contributed by atoms with van der Waals surface area (Å²) in [4.78, 5) is 23.6. The van der Waals surface area contributed by atoms with Crippen molar-refractivity contribution in [1.29, 1.82) is 0 Å². The molecule has 24 heavy (non-hydrogen) atoms. The zero-order chi connectivity index (χ0) is 16.5. The molecule has 0 bridgehead atoms. The Morgan fingerprint density at radius 2 is 2.08 bits per heavy atom. The van der Waals surface area contributed by atoms with Crippen molar-refractivity contribution in [2.24, 2.45) is 5.41 Å². The molecule has 0 atom stereocenters. The van der Waals surface area contributed by atoms with Gasteiger partial charge in [0.1, 0.15) is 0 Å². The molecular formula is C16H26ClN3O4. The SMILES string of the molecule is COCC1(CNC(=O)CCNC(=O)c2ccco2)CCNCC1.Cl. The van der Waals surface area contributed by atoms with Gasteiger partial charge in [0.25, 0.3) is 5.91 Å². The first-order valence-electron chi connectivity index (χ1n) is 7.93. The Balaban J connectivity index is 0.00000288. The maximum atomic E-state index is 12.0. The Morgan fingerprint density at radius 1 is 1.33 bits per heavy atom. The monoisotopic (exact) mass is 359 g/mol. The molecule has 1 saturated heterocycles. The third-order valence-electron chi connectivity index (χ3n) is 4.16. The second kappa shape index (κ2) is 10.3. The maximum absolute atomic E-state index is 12.0. The van der Waals surface area contributed by atoms with Gasteiger partial charge in [-0.1, -0.05) is 0 Å². The van der Waals surface area contributed by atoms with Gasteiger partial charge in [-0.15, -0.1) is 12.4 Å². The molecule has 0 saturated carbocycles. The van der Waals surface area contributed by atoms with Crippen molar-refractivity contribution >= 4 is 24.2 Å². The quantitative estimate of drug-likeness (QED) is 0.642. The molecule has 1 aromatic rings. The lowest BCUT2D eigenvalue weighted by atomic mass is 9.79. The summed E-state index contributed by atoms with van der Waals surface area (Å²) in [6, 6.07) is 3.23. The highest BCUT2D eigenvalue weighted by atomic mass is 35.5. The molecule has 2 amide bonds. The second-order valence-corrected chi connectivity index (χ2v) is 5.94. The van der Waals surface area contributed by atoms with Crippen LogP contribution in [0.15, 0.2) is 22.8 Å². The second-order valence-electron chi connectivity index (χ2n) is 5.94. The first kappa shape index (κ1) is 20.5. The van der Waals surface area contributed by atoms with Gasteiger partial charge in [0.15, 0.2) is 5.76 Å². The lowest BCUT2D eigenvalue weighted by Gasteiger charge is -2.37. The number of furan rings is 1. The van der Waals surface area contributed by atoms with E-state index in [1.807, 2.05) is 0 Å². The van der Waals surface area contributed by atoms with E-state index in [-0.39, 0.29) is 48.4 Å². The summed E-state index contributed by atoms with van der Waals surface area (Å²) in [5.74, 6) is -0.130. The Kier molecular flexibility index (Phi) is 8.81. The normalized spacial score (nSPS) is 16.0. The van der Waals surface area contributed by atoms with Crippen LogP contribution in [0.5, 0.6) is 0 Å². The minimum absolute atomic E-state index is 0. The van der Waals surface area contributed by atoms with Crippen LogP contribution in [-0.4, -0.2) is 51.7 Å². The van der Waals surface area contributed by atoms with E-state index in [1.165, 1.54) is 6.26 Å². The fraction of sp³-hybridized carbons (Fsp3) is 0.625. The lowest BCUT2D eigenvalue weighted by Crippen LogP contribution is -2.47. The summed E-state index contributed by atoms with van der Waals surface area (Å²) >= 11 is 0. The van der Waals surface area contributed by atoms with Gasteiger partial charge in [-0.25, -0.2) is 0 Å². The van der Waals surface area contributed by atoms with Crippen LogP contribution in [0.25, 0.3) is 0 Å². The highest BCUT2D eigenvalue weighted by Gasteiger charge is 2.32. The van der Waals surface area contributed by atoms with Crippen molar-refractivity contribution in [3.8, 4) is 0 Å². The van der Waals surface area contributed by atoms with Crippen LogP contribution in [0.2, 0.25) is 0 Å². The molecule has 2 rings (SSSR count). The number of amides is 2. The fourth-order valence-corrected chi connectivity index (χ4v) is 2.79. The fourth-order valence-electron chi connectivity index (χ4n) is 2.79. The molecule has 1 aliphatic heterocycles. The van der Waals surface area contributed by atoms with Crippen molar-refractivity contribution in [2.45, 2.75) is 19.3 Å². The van der Waals surface area contributed by atoms with Crippen LogP contribution >= 0.6 is 12.4 Å². The number of carbonyl (C=O) groups excluding carboxylic acids is 2. The van der Waals surface area contributed by atoms with E-state index in [0.717, 1.165) is 25.9 Å². The van der Waals surface area contributed by atoms with Gasteiger partial charge in [-0.2, -0.15) is 0 Å². The largest absolute Gasteiger partial charge is 0.459 e. The highest BCUT2D eigenvalue weighted by molar-refractivity contribution is 5.91. The molecule has 0 aliphatic carbocycles. The Bertz CT molecular complexity index is 496. The summed E-state index contributed by atoms with van der Waals surface area (Å²) < 4.78 is 10.3. The van der Waals surface area contributed by atoms with Gasteiger partial charge < -0.3 is 25.1 Å². The highest BCUT2D eigenvalue weighted by Crippen LogP contribution is 2.28. The lowest BCUT2D eigenvalue weighted by molar-refractivity contribution is -0.121.